The summed E-state index contributed by atoms with van der Waals surface area (Å²) in [4.78, 5) is 4.14. The highest BCUT2D eigenvalue weighted by Crippen LogP contribution is 2.20. The fourth-order valence-corrected chi connectivity index (χ4v) is 2.07. The second-order valence-corrected chi connectivity index (χ2v) is 5.86. The van der Waals surface area contributed by atoms with Crippen LogP contribution in [0.2, 0.25) is 0 Å². The Morgan fingerprint density at radius 2 is 2.26 bits per heavy atom. The van der Waals surface area contributed by atoms with Gasteiger partial charge in [-0.25, -0.2) is 4.98 Å². The van der Waals surface area contributed by atoms with E-state index in [1.165, 1.54) is 0 Å². The second kappa shape index (κ2) is 6.51. The lowest BCUT2D eigenvalue weighted by molar-refractivity contribution is -0.199. The van der Waals surface area contributed by atoms with Gasteiger partial charge in [-0.3, -0.25) is 0 Å². The number of hydrogen-bond donors (Lipinski definition) is 0. The molecule has 1 aliphatic heterocycles. The fraction of sp³-hybridized carbons (Fsp3) is 0.533. The molecule has 1 aromatic heterocycles. The van der Waals surface area contributed by atoms with E-state index in [2.05, 4.69) is 32.8 Å². The van der Waals surface area contributed by atoms with Crippen LogP contribution < -0.4 is 0 Å². The van der Waals surface area contributed by atoms with Gasteiger partial charge in [0.2, 0.25) is 0 Å². The quantitative estimate of drug-likeness (QED) is 0.616. The number of nitrogens with zero attached hydrogens (tertiary/aromatic N) is 1. The maximum absolute atomic E-state index is 5.90. The fourth-order valence-electron chi connectivity index (χ4n) is 1.83. The molecule has 4 heteroatoms. The molecule has 0 saturated carbocycles. The van der Waals surface area contributed by atoms with Crippen LogP contribution in [0.3, 0.4) is 0 Å². The van der Waals surface area contributed by atoms with Crippen LogP contribution in [0.1, 0.15) is 38.7 Å². The summed E-state index contributed by atoms with van der Waals surface area (Å²) in [6.07, 6.45) is 4.84. The first-order valence-electron chi connectivity index (χ1n) is 6.49. The Balaban J connectivity index is 1.98. The van der Waals surface area contributed by atoms with Crippen molar-refractivity contribution in [3.8, 4) is 11.8 Å². The topological polar surface area (TPSA) is 31.4 Å². The predicted molar refractivity (Wildman–Crippen MR) is 77.6 cm³/mol. The van der Waals surface area contributed by atoms with Crippen LogP contribution in [-0.4, -0.2) is 23.5 Å². The molecule has 19 heavy (non-hydrogen) atoms. The molecule has 1 aromatic rings. The molecule has 1 fully saturated rings. The first-order chi connectivity index (χ1) is 9.05. The van der Waals surface area contributed by atoms with Gasteiger partial charge in [0.25, 0.3) is 0 Å². The van der Waals surface area contributed by atoms with Gasteiger partial charge in [0.05, 0.1) is 0 Å². The lowest BCUT2D eigenvalue weighted by Gasteiger charge is -2.29. The maximum atomic E-state index is 5.90. The summed E-state index contributed by atoms with van der Waals surface area (Å²) in [6, 6.07) is 3.80. The minimum absolute atomic E-state index is 0.124. The number of pyridine rings is 1. The smallest absolute Gasteiger partial charge is 0.159 e. The number of rotatable bonds is 2. The van der Waals surface area contributed by atoms with Crippen molar-refractivity contribution in [3.05, 3.63) is 28.5 Å². The summed E-state index contributed by atoms with van der Waals surface area (Å²) in [6.45, 7) is 4.71. The molecule has 0 aliphatic carbocycles. The van der Waals surface area contributed by atoms with Crippen molar-refractivity contribution in [1.82, 2.24) is 4.98 Å². The zero-order valence-corrected chi connectivity index (χ0v) is 12.9. The predicted octanol–water partition coefficient (Wildman–Crippen LogP) is 3.52. The van der Waals surface area contributed by atoms with Gasteiger partial charge in [0.15, 0.2) is 6.29 Å². The van der Waals surface area contributed by atoms with Crippen LogP contribution in [0.15, 0.2) is 22.9 Å². The third-order valence-corrected chi connectivity index (χ3v) is 3.27. The SMILES string of the molecule is CC(C)(C#Cc1ccc(Br)nc1)OC1CCCCO1. The number of hydrogen-bond acceptors (Lipinski definition) is 3. The van der Waals surface area contributed by atoms with E-state index in [9.17, 15) is 0 Å². The normalized spacial score (nSPS) is 19.6. The van der Waals surface area contributed by atoms with Crippen molar-refractivity contribution in [2.45, 2.75) is 45.0 Å². The van der Waals surface area contributed by atoms with Crippen molar-refractivity contribution in [2.24, 2.45) is 0 Å². The summed E-state index contributed by atoms with van der Waals surface area (Å²) < 4.78 is 12.3. The van der Waals surface area contributed by atoms with Crippen molar-refractivity contribution >= 4 is 15.9 Å². The standard InChI is InChI=1S/C15H18BrNO2/c1-15(2,19-14-5-3-4-10-18-14)9-8-12-6-7-13(16)17-11-12/h6-7,11,14H,3-5,10H2,1-2H3. The lowest BCUT2D eigenvalue weighted by atomic mass is 10.1. The molecule has 0 amide bonds. The van der Waals surface area contributed by atoms with E-state index in [4.69, 9.17) is 9.47 Å². The van der Waals surface area contributed by atoms with E-state index >= 15 is 0 Å². The Kier molecular flexibility index (Phi) is 4.98. The minimum atomic E-state index is -0.519. The van der Waals surface area contributed by atoms with Gasteiger partial charge < -0.3 is 9.47 Å². The van der Waals surface area contributed by atoms with Crippen LogP contribution in [0.5, 0.6) is 0 Å². The van der Waals surface area contributed by atoms with Crippen molar-refractivity contribution in [1.29, 1.82) is 0 Å². The Labute approximate surface area is 122 Å². The highest BCUT2D eigenvalue weighted by atomic mass is 79.9. The van der Waals surface area contributed by atoms with Crippen molar-refractivity contribution in [2.75, 3.05) is 6.61 Å². The van der Waals surface area contributed by atoms with Gasteiger partial charge in [-0.2, -0.15) is 0 Å². The van der Waals surface area contributed by atoms with Crippen molar-refractivity contribution in [3.63, 3.8) is 0 Å². The van der Waals surface area contributed by atoms with E-state index < -0.39 is 5.60 Å². The Bertz CT molecular complexity index is 467. The maximum Gasteiger partial charge on any atom is 0.159 e. The molecular weight excluding hydrogens is 306 g/mol. The average Bonchev–Trinajstić information content (AvgIpc) is 2.39. The summed E-state index contributed by atoms with van der Waals surface area (Å²) in [5, 5.41) is 0. The Hall–Kier alpha value is -0.890. The summed E-state index contributed by atoms with van der Waals surface area (Å²) in [5.74, 6) is 6.22. The van der Waals surface area contributed by atoms with Gasteiger partial charge in [-0.1, -0.05) is 11.8 Å². The number of halogens is 1. The highest BCUT2D eigenvalue weighted by Gasteiger charge is 2.23. The Morgan fingerprint density at radius 3 is 2.89 bits per heavy atom. The van der Waals surface area contributed by atoms with E-state index in [0.717, 1.165) is 36.0 Å². The molecule has 1 atom stereocenters. The summed E-state index contributed by atoms with van der Waals surface area (Å²) in [7, 11) is 0. The monoisotopic (exact) mass is 323 g/mol. The molecule has 3 nitrogen and oxygen atoms in total. The molecule has 1 aliphatic rings. The zero-order valence-electron chi connectivity index (χ0n) is 11.3. The molecule has 2 heterocycles. The van der Waals surface area contributed by atoms with Gasteiger partial charge in [-0.15, -0.1) is 0 Å². The summed E-state index contributed by atoms with van der Waals surface area (Å²) in [5.41, 5.74) is 0.360. The minimum Gasteiger partial charge on any atom is -0.353 e. The molecule has 1 saturated heterocycles. The van der Waals surface area contributed by atoms with Gasteiger partial charge >= 0.3 is 0 Å². The number of aromatic nitrogens is 1. The molecule has 0 spiro atoms. The van der Waals surface area contributed by atoms with Crippen LogP contribution in [0.4, 0.5) is 0 Å². The third kappa shape index (κ3) is 4.94. The average molecular weight is 324 g/mol. The van der Waals surface area contributed by atoms with Gasteiger partial charge in [-0.05, 0) is 61.2 Å². The zero-order chi connectivity index (χ0) is 13.7. The van der Waals surface area contributed by atoms with Gasteiger partial charge in [0.1, 0.15) is 10.2 Å². The molecule has 1 unspecified atom stereocenters. The second-order valence-electron chi connectivity index (χ2n) is 5.04. The largest absolute Gasteiger partial charge is 0.353 e. The van der Waals surface area contributed by atoms with Crippen LogP contribution in [-0.2, 0) is 9.47 Å². The molecule has 0 N–H and O–H groups in total. The Morgan fingerprint density at radius 1 is 1.42 bits per heavy atom. The van der Waals surface area contributed by atoms with Crippen LogP contribution in [0, 0.1) is 11.8 Å². The van der Waals surface area contributed by atoms with E-state index in [1.807, 2.05) is 26.0 Å². The first kappa shape index (κ1) is 14.5. The van der Waals surface area contributed by atoms with E-state index in [1.54, 1.807) is 6.20 Å². The van der Waals surface area contributed by atoms with Gasteiger partial charge in [0, 0.05) is 18.4 Å². The first-order valence-corrected chi connectivity index (χ1v) is 7.29. The third-order valence-electron chi connectivity index (χ3n) is 2.80. The molecule has 2 rings (SSSR count). The number of ether oxygens (including phenoxy) is 2. The molecule has 0 bridgehead atoms. The molecule has 0 radical (unpaired) electrons. The molecule has 0 aromatic carbocycles. The lowest BCUT2D eigenvalue weighted by Crippen LogP contribution is -2.33. The van der Waals surface area contributed by atoms with E-state index in [-0.39, 0.29) is 6.29 Å². The van der Waals surface area contributed by atoms with Crippen LogP contribution >= 0.6 is 15.9 Å². The van der Waals surface area contributed by atoms with Crippen LogP contribution in [0.25, 0.3) is 0 Å². The van der Waals surface area contributed by atoms with E-state index in [0.29, 0.717) is 0 Å². The molecule has 102 valence electrons. The van der Waals surface area contributed by atoms with Crippen molar-refractivity contribution < 1.29 is 9.47 Å². The summed E-state index contributed by atoms with van der Waals surface area (Å²) >= 11 is 3.30. The highest BCUT2D eigenvalue weighted by molar-refractivity contribution is 9.10. The molecular formula is C15H18BrNO2.